The van der Waals surface area contributed by atoms with Crippen LogP contribution in [-0.2, 0) is 4.79 Å². The number of aromatic nitrogens is 2. The number of carboxylic acids is 1. The summed E-state index contributed by atoms with van der Waals surface area (Å²) >= 11 is 0. The number of fused-ring (bicyclic) bond motifs is 1. The molecule has 0 spiro atoms. The number of nitrogens with one attached hydrogen (secondary N) is 1. The molecule has 0 saturated heterocycles. The van der Waals surface area contributed by atoms with Gasteiger partial charge in [0.1, 0.15) is 6.04 Å². The predicted molar refractivity (Wildman–Crippen MR) is 73.6 cm³/mol. The largest absolute Gasteiger partial charge is 0.480 e. The standard InChI is InChI=1S/C14H17N3O3/c1-2-3-6-11(14(19)20)16-13(18)10-9-15-17-8-5-4-7-12(10)17/h4-5,7-9,11H,2-3,6H2,1H3,(H,16,18)(H,19,20)/t11-/m0/s1. The lowest BCUT2D eigenvalue weighted by Crippen LogP contribution is -2.40. The summed E-state index contributed by atoms with van der Waals surface area (Å²) in [7, 11) is 0. The van der Waals surface area contributed by atoms with E-state index in [1.807, 2.05) is 13.0 Å². The van der Waals surface area contributed by atoms with Gasteiger partial charge in [-0.3, -0.25) is 4.79 Å². The summed E-state index contributed by atoms with van der Waals surface area (Å²) in [6.45, 7) is 1.98. The van der Waals surface area contributed by atoms with E-state index in [2.05, 4.69) is 10.4 Å². The van der Waals surface area contributed by atoms with E-state index in [-0.39, 0.29) is 0 Å². The minimum atomic E-state index is -1.01. The van der Waals surface area contributed by atoms with Crippen molar-refractivity contribution in [2.75, 3.05) is 0 Å². The zero-order valence-electron chi connectivity index (χ0n) is 11.2. The molecule has 2 aromatic heterocycles. The highest BCUT2D eigenvalue weighted by Gasteiger charge is 2.21. The van der Waals surface area contributed by atoms with Crippen LogP contribution in [0, 0.1) is 0 Å². The molecule has 0 aromatic carbocycles. The van der Waals surface area contributed by atoms with Crippen LogP contribution in [0.3, 0.4) is 0 Å². The quantitative estimate of drug-likeness (QED) is 0.840. The second-order valence-corrected chi connectivity index (χ2v) is 4.60. The summed E-state index contributed by atoms with van der Waals surface area (Å²) in [5, 5.41) is 15.7. The molecular weight excluding hydrogens is 258 g/mol. The van der Waals surface area contributed by atoms with Crippen molar-refractivity contribution in [1.82, 2.24) is 14.9 Å². The molecule has 6 nitrogen and oxygen atoms in total. The van der Waals surface area contributed by atoms with E-state index in [9.17, 15) is 9.59 Å². The number of nitrogens with zero attached hydrogens (tertiary/aromatic N) is 2. The van der Waals surface area contributed by atoms with Crippen LogP contribution in [0.1, 0.15) is 36.5 Å². The molecule has 0 aliphatic carbocycles. The third kappa shape index (κ3) is 2.96. The lowest BCUT2D eigenvalue weighted by atomic mass is 10.1. The predicted octanol–water partition coefficient (Wildman–Crippen LogP) is 1.71. The van der Waals surface area contributed by atoms with Gasteiger partial charge in [-0.15, -0.1) is 0 Å². The van der Waals surface area contributed by atoms with Crippen molar-refractivity contribution in [2.45, 2.75) is 32.2 Å². The summed E-state index contributed by atoms with van der Waals surface area (Å²) in [4.78, 5) is 23.3. The van der Waals surface area contributed by atoms with Gasteiger partial charge in [0, 0.05) is 6.20 Å². The SMILES string of the molecule is CCCC[C@H](NC(=O)c1cnn2ccccc12)C(=O)O. The minimum Gasteiger partial charge on any atom is -0.480 e. The van der Waals surface area contributed by atoms with Gasteiger partial charge in [0.2, 0.25) is 0 Å². The van der Waals surface area contributed by atoms with Gasteiger partial charge in [0.15, 0.2) is 0 Å². The number of carbonyl (C=O) groups is 2. The second-order valence-electron chi connectivity index (χ2n) is 4.60. The van der Waals surface area contributed by atoms with Crippen LogP contribution in [0.4, 0.5) is 0 Å². The van der Waals surface area contributed by atoms with Crippen LogP contribution < -0.4 is 5.32 Å². The molecule has 1 atom stereocenters. The van der Waals surface area contributed by atoms with Gasteiger partial charge in [-0.1, -0.05) is 25.8 Å². The second kappa shape index (κ2) is 6.18. The van der Waals surface area contributed by atoms with Crippen molar-refractivity contribution in [3.05, 3.63) is 36.2 Å². The molecule has 2 rings (SSSR count). The highest BCUT2D eigenvalue weighted by atomic mass is 16.4. The van der Waals surface area contributed by atoms with Crippen molar-refractivity contribution in [1.29, 1.82) is 0 Å². The summed E-state index contributed by atoms with van der Waals surface area (Å²) in [5.74, 6) is -1.42. The minimum absolute atomic E-state index is 0.383. The smallest absolute Gasteiger partial charge is 0.326 e. The van der Waals surface area contributed by atoms with E-state index in [1.54, 1.807) is 22.8 Å². The monoisotopic (exact) mass is 275 g/mol. The van der Waals surface area contributed by atoms with Crippen LogP contribution in [0.5, 0.6) is 0 Å². The molecular formula is C14H17N3O3. The number of hydrogen-bond acceptors (Lipinski definition) is 3. The highest BCUT2D eigenvalue weighted by molar-refractivity contribution is 6.02. The van der Waals surface area contributed by atoms with Gasteiger partial charge in [-0.05, 0) is 18.6 Å². The van der Waals surface area contributed by atoms with E-state index in [4.69, 9.17) is 5.11 Å². The molecule has 2 N–H and O–H groups in total. The van der Waals surface area contributed by atoms with Crippen molar-refractivity contribution in [3.63, 3.8) is 0 Å². The van der Waals surface area contributed by atoms with Crippen LogP contribution in [0.25, 0.3) is 5.52 Å². The van der Waals surface area contributed by atoms with Crippen LogP contribution in [0.2, 0.25) is 0 Å². The molecule has 0 aliphatic heterocycles. The van der Waals surface area contributed by atoms with Crippen LogP contribution in [-0.4, -0.2) is 32.6 Å². The average Bonchev–Trinajstić information content (AvgIpc) is 2.87. The number of hydrogen-bond donors (Lipinski definition) is 2. The maximum absolute atomic E-state index is 12.2. The van der Waals surface area contributed by atoms with Gasteiger partial charge in [-0.2, -0.15) is 5.10 Å². The Morgan fingerprint density at radius 1 is 1.45 bits per heavy atom. The summed E-state index contributed by atoms with van der Waals surface area (Å²) in [6.07, 6.45) is 5.25. The number of amides is 1. The van der Waals surface area contributed by atoms with E-state index in [0.717, 1.165) is 12.8 Å². The Morgan fingerprint density at radius 3 is 2.95 bits per heavy atom. The molecule has 0 unspecified atom stereocenters. The molecule has 0 bridgehead atoms. The molecule has 0 aliphatic rings. The fraction of sp³-hybridized carbons (Fsp3) is 0.357. The average molecular weight is 275 g/mol. The number of rotatable bonds is 6. The lowest BCUT2D eigenvalue weighted by molar-refractivity contribution is -0.139. The maximum atomic E-state index is 12.2. The number of carbonyl (C=O) groups excluding carboxylic acids is 1. The lowest BCUT2D eigenvalue weighted by Gasteiger charge is -2.13. The molecule has 2 aromatic rings. The Hall–Kier alpha value is -2.37. The first-order valence-corrected chi connectivity index (χ1v) is 6.59. The Labute approximate surface area is 116 Å². The van der Waals surface area contributed by atoms with Crippen molar-refractivity contribution in [2.24, 2.45) is 0 Å². The van der Waals surface area contributed by atoms with Gasteiger partial charge >= 0.3 is 5.97 Å². The number of carboxylic acid groups (broad SMARTS) is 1. The molecule has 0 radical (unpaired) electrons. The van der Waals surface area contributed by atoms with Gasteiger partial charge < -0.3 is 10.4 Å². The van der Waals surface area contributed by atoms with Crippen molar-refractivity contribution < 1.29 is 14.7 Å². The van der Waals surface area contributed by atoms with Crippen molar-refractivity contribution >= 4 is 17.4 Å². The van der Waals surface area contributed by atoms with Crippen LogP contribution >= 0.6 is 0 Å². The summed E-state index contributed by atoms with van der Waals surface area (Å²) in [5.41, 5.74) is 1.04. The van der Waals surface area contributed by atoms with E-state index in [0.29, 0.717) is 17.5 Å². The fourth-order valence-electron chi connectivity index (χ4n) is 2.01. The molecule has 106 valence electrons. The third-order valence-corrected chi connectivity index (χ3v) is 3.12. The normalized spacial score (nSPS) is 12.2. The molecule has 20 heavy (non-hydrogen) atoms. The van der Waals surface area contributed by atoms with E-state index in [1.165, 1.54) is 6.20 Å². The molecule has 1 amide bonds. The van der Waals surface area contributed by atoms with E-state index < -0.39 is 17.9 Å². The van der Waals surface area contributed by atoms with E-state index >= 15 is 0 Å². The first-order chi connectivity index (χ1) is 9.63. The fourth-order valence-corrected chi connectivity index (χ4v) is 2.01. The molecule has 0 saturated carbocycles. The Kier molecular flexibility index (Phi) is 4.34. The van der Waals surface area contributed by atoms with Gasteiger partial charge in [-0.25, -0.2) is 9.31 Å². The molecule has 2 heterocycles. The number of unbranched alkanes of at least 4 members (excludes halogenated alkanes) is 1. The number of pyridine rings is 1. The highest BCUT2D eigenvalue weighted by Crippen LogP contribution is 2.11. The van der Waals surface area contributed by atoms with Crippen LogP contribution in [0.15, 0.2) is 30.6 Å². The Bertz CT molecular complexity index is 621. The summed E-state index contributed by atoms with van der Waals surface area (Å²) < 4.78 is 1.58. The zero-order valence-corrected chi connectivity index (χ0v) is 11.2. The third-order valence-electron chi connectivity index (χ3n) is 3.12. The first kappa shape index (κ1) is 14.0. The van der Waals surface area contributed by atoms with Crippen molar-refractivity contribution in [3.8, 4) is 0 Å². The maximum Gasteiger partial charge on any atom is 0.326 e. The topological polar surface area (TPSA) is 83.7 Å². The number of aliphatic carboxylic acids is 1. The Morgan fingerprint density at radius 2 is 2.25 bits per heavy atom. The Balaban J connectivity index is 2.16. The van der Waals surface area contributed by atoms with Gasteiger partial charge in [0.05, 0.1) is 17.3 Å². The summed E-state index contributed by atoms with van der Waals surface area (Å²) in [6, 6.07) is 4.52. The zero-order chi connectivity index (χ0) is 14.5. The molecule has 6 heteroatoms. The van der Waals surface area contributed by atoms with Gasteiger partial charge in [0.25, 0.3) is 5.91 Å². The first-order valence-electron chi connectivity index (χ1n) is 6.59. The molecule has 0 fully saturated rings.